The number of hydrogen-bond acceptors (Lipinski definition) is 5. The van der Waals surface area contributed by atoms with Crippen LogP contribution in [0, 0.1) is 11.6 Å². The van der Waals surface area contributed by atoms with Crippen LogP contribution in [0.15, 0.2) is 65.3 Å². The van der Waals surface area contributed by atoms with E-state index in [1.165, 1.54) is 41.8 Å². The van der Waals surface area contributed by atoms with Crippen LogP contribution in [0.25, 0.3) is 5.57 Å². The Hall–Kier alpha value is -3.61. The molecule has 1 aliphatic heterocycles. The monoisotopic (exact) mass is 383 g/mol. The molecule has 0 aliphatic carbocycles. The van der Waals surface area contributed by atoms with Crippen molar-refractivity contribution in [3.63, 3.8) is 0 Å². The zero-order chi connectivity index (χ0) is 20.3. The first-order valence-electron chi connectivity index (χ1n) is 8.10. The average Bonchev–Trinajstić information content (AvgIpc) is 2.68. The second-order valence-electron chi connectivity index (χ2n) is 6.07. The summed E-state index contributed by atoms with van der Waals surface area (Å²) in [5.41, 5.74) is -1.72. The molecular weight excluding hydrogens is 368 g/mol. The third kappa shape index (κ3) is 3.73. The number of carbonyl (C=O) groups is 1. The average molecular weight is 383 g/mol. The van der Waals surface area contributed by atoms with E-state index >= 15 is 0 Å². The van der Waals surface area contributed by atoms with Crippen LogP contribution in [-0.4, -0.2) is 39.9 Å². The van der Waals surface area contributed by atoms with Gasteiger partial charge in [0.2, 0.25) is 0 Å². The maximum Gasteiger partial charge on any atom is 0.335 e. The SMILES string of the molecule is C=C(c1ccc(C(=O)O)cc1)C(O)(CN1C=NC=C=N1)c1ccc(F)cc1F. The predicted molar refractivity (Wildman–Crippen MR) is 99.9 cm³/mol. The minimum Gasteiger partial charge on any atom is -0.478 e. The summed E-state index contributed by atoms with van der Waals surface area (Å²) < 4.78 is 27.9. The highest BCUT2D eigenvalue weighted by Crippen LogP contribution is 2.37. The van der Waals surface area contributed by atoms with E-state index in [2.05, 4.69) is 22.5 Å². The second kappa shape index (κ2) is 7.56. The molecule has 8 heteroatoms. The molecular formula is C20H15F2N3O3. The lowest BCUT2D eigenvalue weighted by atomic mass is 9.82. The van der Waals surface area contributed by atoms with Crippen LogP contribution in [0.1, 0.15) is 21.5 Å². The topological polar surface area (TPSA) is 85.5 Å². The number of hydrazone groups is 1. The molecule has 0 aromatic heterocycles. The molecule has 28 heavy (non-hydrogen) atoms. The third-order valence-electron chi connectivity index (χ3n) is 4.27. The van der Waals surface area contributed by atoms with Crippen molar-refractivity contribution in [2.75, 3.05) is 6.54 Å². The lowest BCUT2D eigenvalue weighted by Gasteiger charge is -2.34. The number of aliphatic hydroxyl groups is 1. The molecule has 0 saturated carbocycles. The van der Waals surface area contributed by atoms with Gasteiger partial charge in [-0.15, -0.1) is 5.10 Å². The predicted octanol–water partition coefficient (Wildman–Crippen LogP) is 3.01. The molecule has 2 aromatic carbocycles. The number of halogens is 2. The highest BCUT2D eigenvalue weighted by Gasteiger charge is 2.38. The molecule has 0 saturated heterocycles. The Balaban J connectivity index is 2.06. The molecule has 142 valence electrons. The fraction of sp³-hybridized carbons (Fsp3) is 0.100. The number of aromatic carboxylic acids is 1. The molecule has 0 spiro atoms. The zero-order valence-corrected chi connectivity index (χ0v) is 14.5. The van der Waals surface area contributed by atoms with Crippen LogP contribution in [-0.2, 0) is 5.60 Å². The normalized spacial score (nSPS) is 14.8. The zero-order valence-electron chi connectivity index (χ0n) is 14.5. The first kappa shape index (κ1) is 19.2. The molecule has 1 heterocycles. The summed E-state index contributed by atoms with van der Waals surface area (Å²) >= 11 is 0. The highest BCUT2D eigenvalue weighted by atomic mass is 19.1. The van der Waals surface area contributed by atoms with Crippen LogP contribution in [0.5, 0.6) is 0 Å². The summed E-state index contributed by atoms with van der Waals surface area (Å²) in [6.07, 6.45) is 2.62. The van der Waals surface area contributed by atoms with E-state index < -0.39 is 23.2 Å². The summed E-state index contributed by atoms with van der Waals surface area (Å²) in [5.74, 6) is -0.359. The second-order valence-corrected chi connectivity index (χ2v) is 6.07. The van der Waals surface area contributed by atoms with Crippen LogP contribution < -0.4 is 0 Å². The Morgan fingerprint density at radius 1 is 1.18 bits per heavy atom. The van der Waals surface area contributed by atoms with Crippen molar-refractivity contribution in [1.82, 2.24) is 5.01 Å². The number of aliphatic imine (C=N–C) groups is 1. The van der Waals surface area contributed by atoms with Gasteiger partial charge in [-0.1, -0.05) is 18.7 Å². The number of hydrogen-bond donors (Lipinski definition) is 2. The Morgan fingerprint density at radius 2 is 1.86 bits per heavy atom. The van der Waals surface area contributed by atoms with Gasteiger partial charge in [0.15, 0.2) is 0 Å². The Kier molecular flexibility index (Phi) is 5.17. The van der Waals surface area contributed by atoms with Crippen LogP contribution in [0.2, 0.25) is 0 Å². The van der Waals surface area contributed by atoms with E-state index in [0.717, 1.165) is 12.1 Å². The van der Waals surface area contributed by atoms with Gasteiger partial charge in [-0.25, -0.2) is 23.6 Å². The maximum absolute atomic E-state index is 14.5. The van der Waals surface area contributed by atoms with E-state index in [-0.39, 0.29) is 23.2 Å². The molecule has 0 bridgehead atoms. The number of carboxylic acid groups (broad SMARTS) is 1. The summed E-state index contributed by atoms with van der Waals surface area (Å²) in [6, 6.07) is 8.40. The lowest BCUT2D eigenvalue weighted by Crippen LogP contribution is -2.40. The summed E-state index contributed by atoms with van der Waals surface area (Å²) in [7, 11) is 0. The van der Waals surface area contributed by atoms with E-state index in [1.54, 1.807) is 0 Å². The maximum atomic E-state index is 14.5. The van der Waals surface area contributed by atoms with Gasteiger partial charge >= 0.3 is 5.97 Å². The van der Waals surface area contributed by atoms with Crippen molar-refractivity contribution in [3.05, 3.63) is 83.6 Å². The third-order valence-corrected chi connectivity index (χ3v) is 4.27. The van der Waals surface area contributed by atoms with Crippen molar-refractivity contribution in [1.29, 1.82) is 0 Å². The Bertz CT molecular complexity index is 1030. The minimum atomic E-state index is -2.02. The molecule has 2 aromatic rings. The Labute approximate surface area is 159 Å². The van der Waals surface area contributed by atoms with Crippen molar-refractivity contribution in [3.8, 4) is 0 Å². The highest BCUT2D eigenvalue weighted by molar-refractivity contribution is 5.88. The molecule has 3 rings (SSSR count). The first-order valence-corrected chi connectivity index (χ1v) is 8.10. The largest absolute Gasteiger partial charge is 0.478 e. The lowest BCUT2D eigenvalue weighted by molar-refractivity contribution is 0.0696. The number of rotatable bonds is 6. The summed E-state index contributed by atoms with van der Waals surface area (Å²) in [5, 5.41) is 25.6. The van der Waals surface area contributed by atoms with E-state index in [1.807, 2.05) is 0 Å². The van der Waals surface area contributed by atoms with E-state index in [4.69, 9.17) is 5.11 Å². The number of nitrogens with zero attached hydrogens (tertiary/aromatic N) is 3. The fourth-order valence-electron chi connectivity index (χ4n) is 2.80. The Morgan fingerprint density at radius 3 is 2.43 bits per heavy atom. The molecule has 1 atom stereocenters. The first-order chi connectivity index (χ1) is 13.3. The molecule has 0 fully saturated rings. The van der Waals surface area contributed by atoms with Crippen molar-refractivity contribution < 1.29 is 23.8 Å². The van der Waals surface area contributed by atoms with E-state index in [0.29, 0.717) is 11.6 Å². The van der Waals surface area contributed by atoms with Crippen LogP contribution >= 0.6 is 0 Å². The number of carboxylic acids is 1. The summed E-state index contributed by atoms with van der Waals surface area (Å²) in [4.78, 5) is 14.9. The standard InChI is InChI=1S/C20H15F2N3O3/c1-13(14-2-4-15(5-3-14)19(26)27)20(28,11-25-12-23-8-9-24-25)17-7-6-16(21)10-18(17)22/h2-8,10,12,28H,1,11H2,(H,26,27). The van der Waals surface area contributed by atoms with Gasteiger partial charge < -0.3 is 10.2 Å². The van der Waals surface area contributed by atoms with Gasteiger partial charge in [-0.05, 0) is 35.4 Å². The molecule has 6 nitrogen and oxygen atoms in total. The number of β-amino-alcohol motifs (C(OH)–C–C–N with tert-alkyl or cyclic N) is 1. The summed E-state index contributed by atoms with van der Waals surface area (Å²) in [6.45, 7) is 3.60. The fourth-order valence-corrected chi connectivity index (χ4v) is 2.80. The molecule has 0 amide bonds. The quantitative estimate of drug-likeness (QED) is 0.803. The van der Waals surface area contributed by atoms with Gasteiger partial charge in [0.1, 0.15) is 23.6 Å². The smallest absolute Gasteiger partial charge is 0.335 e. The van der Waals surface area contributed by atoms with Crippen molar-refractivity contribution in [2.45, 2.75) is 5.60 Å². The van der Waals surface area contributed by atoms with Gasteiger partial charge in [0.25, 0.3) is 0 Å². The minimum absolute atomic E-state index is 0.0472. The van der Waals surface area contributed by atoms with Crippen LogP contribution in [0.3, 0.4) is 0 Å². The van der Waals surface area contributed by atoms with Gasteiger partial charge in [-0.2, -0.15) is 0 Å². The van der Waals surface area contributed by atoms with Gasteiger partial charge in [0, 0.05) is 17.5 Å². The van der Waals surface area contributed by atoms with E-state index in [9.17, 15) is 18.7 Å². The molecule has 1 unspecified atom stereocenters. The molecule has 1 aliphatic rings. The molecule has 2 N–H and O–H groups in total. The molecule has 0 radical (unpaired) electrons. The van der Waals surface area contributed by atoms with Gasteiger partial charge in [-0.3, -0.25) is 0 Å². The van der Waals surface area contributed by atoms with Crippen molar-refractivity contribution >= 4 is 23.8 Å². The van der Waals surface area contributed by atoms with Crippen molar-refractivity contribution in [2.24, 2.45) is 10.1 Å². The van der Waals surface area contributed by atoms with Gasteiger partial charge in [0.05, 0.1) is 18.3 Å². The van der Waals surface area contributed by atoms with Crippen LogP contribution in [0.4, 0.5) is 8.78 Å². The number of benzene rings is 2.